The number of ether oxygens (including phenoxy) is 2. The summed E-state index contributed by atoms with van der Waals surface area (Å²) in [4.78, 5) is 21.7. The zero-order valence-corrected chi connectivity index (χ0v) is 20.8. The van der Waals surface area contributed by atoms with E-state index in [1.165, 1.54) is 0 Å². The molecule has 1 aromatic heterocycles. The van der Waals surface area contributed by atoms with Gasteiger partial charge < -0.3 is 24.8 Å². The molecule has 0 bridgehead atoms. The van der Waals surface area contributed by atoms with Crippen LogP contribution in [0.2, 0.25) is 5.02 Å². The Morgan fingerprint density at radius 2 is 1.91 bits per heavy atom. The minimum atomic E-state index is -0.466. The summed E-state index contributed by atoms with van der Waals surface area (Å²) in [5, 5.41) is 15.9. The summed E-state index contributed by atoms with van der Waals surface area (Å²) in [7, 11) is 0. The van der Waals surface area contributed by atoms with Crippen LogP contribution in [0.25, 0.3) is 10.8 Å². The highest BCUT2D eigenvalue weighted by Gasteiger charge is 2.44. The number of amides is 1. The molecule has 3 fully saturated rings. The maximum atomic E-state index is 12.7. The lowest BCUT2D eigenvalue weighted by atomic mass is 9.95. The van der Waals surface area contributed by atoms with E-state index in [1.54, 1.807) is 6.20 Å². The average Bonchev–Trinajstić information content (AvgIpc) is 3.35. The number of rotatable bonds is 4. The maximum absolute atomic E-state index is 12.7. The molecule has 3 saturated heterocycles. The molecule has 2 aromatic rings. The summed E-state index contributed by atoms with van der Waals surface area (Å²) in [6, 6.07) is 5.90. The number of nitrogens with zero attached hydrogens (tertiary/aromatic N) is 3. The third kappa shape index (κ3) is 4.50. The lowest BCUT2D eigenvalue weighted by molar-refractivity contribution is -0.119. The van der Waals surface area contributed by atoms with Crippen LogP contribution in [-0.4, -0.2) is 84.1 Å². The lowest BCUT2D eigenvalue weighted by Crippen LogP contribution is -2.60. The van der Waals surface area contributed by atoms with Gasteiger partial charge in [0.1, 0.15) is 5.82 Å². The van der Waals surface area contributed by atoms with Gasteiger partial charge in [0.05, 0.1) is 53.7 Å². The predicted octanol–water partition coefficient (Wildman–Crippen LogP) is 2.91. The normalized spacial score (nSPS) is 29.6. The quantitative estimate of drug-likeness (QED) is 0.684. The Labute approximate surface area is 205 Å². The van der Waals surface area contributed by atoms with Crippen LogP contribution >= 0.6 is 11.6 Å². The summed E-state index contributed by atoms with van der Waals surface area (Å²) in [5.74, 6) is 0.299. The Hall–Kier alpha value is -1.97. The molecule has 3 aliphatic rings. The van der Waals surface area contributed by atoms with E-state index in [4.69, 9.17) is 21.1 Å². The van der Waals surface area contributed by atoms with Crippen molar-refractivity contribution in [3.63, 3.8) is 0 Å². The molecular formula is C25H33ClN4O4. The van der Waals surface area contributed by atoms with E-state index < -0.39 is 6.10 Å². The molecule has 2 N–H and O–H groups in total. The number of carbonyl (C=O) groups is 1. The fourth-order valence-corrected chi connectivity index (χ4v) is 5.60. The van der Waals surface area contributed by atoms with Crippen LogP contribution in [-0.2, 0) is 14.3 Å². The van der Waals surface area contributed by atoms with Crippen LogP contribution in [0.5, 0.6) is 0 Å². The van der Waals surface area contributed by atoms with E-state index >= 15 is 0 Å². The van der Waals surface area contributed by atoms with Crippen LogP contribution in [0.15, 0.2) is 24.4 Å². The summed E-state index contributed by atoms with van der Waals surface area (Å²) in [6.07, 6.45) is 1.97. The van der Waals surface area contributed by atoms with Gasteiger partial charge in [-0.15, -0.1) is 0 Å². The van der Waals surface area contributed by atoms with Crippen molar-refractivity contribution in [1.82, 2.24) is 9.88 Å². The molecule has 184 valence electrons. The molecule has 4 heterocycles. The highest BCUT2D eigenvalue weighted by molar-refractivity contribution is 6.34. The molecule has 0 radical (unpaired) electrons. The van der Waals surface area contributed by atoms with Gasteiger partial charge in [-0.1, -0.05) is 11.6 Å². The zero-order chi connectivity index (χ0) is 24.1. The molecule has 3 unspecified atom stereocenters. The Kier molecular flexibility index (Phi) is 6.23. The number of pyridine rings is 1. The summed E-state index contributed by atoms with van der Waals surface area (Å²) in [6.45, 7) is 10.7. The van der Waals surface area contributed by atoms with E-state index in [0.29, 0.717) is 37.1 Å². The summed E-state index contributed by atoms with van der Waals surface area (Å²) >= 11 is 6.66. The number of aromatic nitrogens is 1. The highest BCUT2D eigenvalue weighted by atomic mass is 35.5. The van der Waals surface area contributed by atoms with Crippen LogP contribution in [0.3, 0.4) is 0 Å². The van der Waals surface area contributed by atoms with Crippen LogP contribution in [0.1, 0.15) is 27.2 Å². The number of aliphatic hydroxyl groups is 1. The molecular weight excluding hydrogens is 456 g/mol. The molecule has 0 saturated carbocycles. The number of hydrogen-bond acceptors (Lipinski definition) is 7. The van der Waals surface area contributed by atoms with Crippen LogP contribution < -0.4 is 10.2 Å². The van der Waals surface area contributed by atoms with Gasteiger partial charge in [0.15, 0.2) is 0 Å². The Balaban J connectivity index is 1.30. The topological polar surface area (TPSA) is 87.2 Å². The first-order valence-corrected chi connectivity index (χ1v) is 12.3. The van der Waals surface area contributed by atoms with Crippen molar-refractivity contribution in [2.24, 2.45) is 5.92 Å². The highest BCUT2D eigenvalue weighted by Crippen LogP contribution is 2.35. The van der Waals surface area contributed by atoms with Crippen molar-refractivity contribution in [3.05, 3.63) is 29.4 Å². The van der Waals surface area contributed by atoms with Gasteiger partial charge in [-0.3, -0.25) is 9.69 Å². The van der Waals surface area contributed by atoms with Gasteiger partial charge in [0, 0.05) is 37.8 Å². The van der Waals surface area contributed by atoms with E-state index in [-0.39, 0.29) is 23.0 Å². The monoisotopic (exact) mass is 488 g/mol. The number of piperazine rings is 1. The van der Waals surface area contributed by atoms with Crippen molar-refractivity contribution in [3.8, 4) is 0 Å². The van der Waals surface area contributed by atoms with Gasteiger partial charge in [-0.25, -0.2) is 4.98 Å². The first-order valence-electron chi connectivity index (χ1n) is 11.9. The molecule has 0 spiro atoms. The van der Waals surface area contributed by atoms with Crippen molar-refractivity contribution < 1.29 is 19.4 Å². The maximum Gasteiger partial charge on any atom is 0.231 e. The number of fused-ring (bicyclic) bond motifs is 1. The molecule has 34 heavy (non-hydrogen) atoms. The third-order valence-corrected chi connectivity index (χ3v) is 7.86. The Morgan fingerprint density at radius 3 is 2.56 bits per heavy atom. The summed E-state index contributed by atoms with van der Waals surface area (Å²) in [5.41, 5.74) is 0.364. The molecule has 0 aliphatic carbocycles. The Morgan fingerprint density at radius 1 is 1.15 bits per heavy atom. The van der Waals surface area contributed by atoms with E-state index in [0.717, 1.165) is 42.6 Å². The van der Waals surface area contributed by atoms with Gasteiger partial charge in [0.25, 0.3) is 0 Å². The first-order chi connectivity index (χ1) is 16.1. The first kappa shape index (κ1) is 23.8. The summed E-state index contributed by atoms with van der Waals surface area (Å²) < 4.78 is 11.2. The number of nitrogens with one attached hydrogen (secondary N) is 1. The minimum Gasteiger partial charge on any atom is -0.389 e. The minimum absolute atomic E-state index is 0.0608. The van der Waals surface area contributed by atoms with E-state index in [2.05, 4.69) is 33.1 Å². The van der Waals surface area contributed by atoms with Gasteiger partial charge in [-0.2, -0.15) is 0 Å². The van der Waals surface area contributed by atoms with Crippen LogP contribution in [0, 0.1) is 5.92 Å². The number of benzene rings is 1. The van der Waals surface area contributed by atoms with Gasteiger partial charge >= 0.3 is 0 Å². The Bertz CT molecular complexity index is 1090. The van der Waals surface area contributed by atoms with Crippen molar-refractivity contribution >= 4 is 39.8 Å². The molecule has 1 aromatic carbocycles. The van der Waals surface area contributed by atoms with Crippen molar-refractivity contribution in [2.45, 2.75) is 44.4 Å². The average molecular weight is 489 g/mol. The standard InChI is InChI=1S/C25H33ClN4O4/c1-24(2)11-18(13-34-24)23(32)28-22-10-16-9-20(19(26)8-17(16)12-27-22)29-4-6-30(7-5-29)25(3)15-33-14-21(25)31/h8-10,12,18,21,31H,4-7,11,13-15H2,1-3H3,(H,27,28,32). The number of halogens is 1. The molecule has 3 atom stereocenters. The zero-order valence-electron chi connectivity index (χ0n) is 20.0. The fraction of sp³-hybridized carbons (Fsp3) is 0.600. The second-order valence-electron chi connectivity index (χ2n) is 10.5. The number of aliphatic hydroxyl groups excluding tert-OH is 1. The van der Waals surface area contributed by atoms with E-state index in [9.17, 15) is 9.90 Å². The molecule has 3 aliphatic heterocycles. The predicted molar refractivity (Wildman–Crippen MR) is 133 cm³/mol. The molecule has 1 amide bonds. The second kappa shape index (κ2) is 8.91. The second-order valence-corrected chi connectivity index (χ2v) is 11.0. The van der Waals surface area contributed by atoms with E-state index in [1.807, 2.05) is 26.0 Å². The molecule has 9 heteroatoms. The van der Waals surface area contributed by atoms with Gasteiger partial charge in [0.2, 0.25) is 5.91 Å². The fourth-order valence-electron chi connectivity index (χ4n) is 5.31. The smallest absolute Gasteiger partial charge is 0.231 e. The van der Waals surface area contributed by atoms with Gasteiger partial charge in [-0.05, 0) is 50.8 Å². The molecule has 8 nitrogen and oxygen atoms in total. The molecule has 5 rings (SSSR count). The van der Waals surface area contributed by atoms with Crippen LogP contribution in [0.4, 0.5) is 11.5 Å². The van der Waals surface area contributed by atoms with Crippen molar-refractivity contribution in [1.29, 1.82) is 0 Å². The SMILES string of the molecule is CC1(C)CC(C(=O)Nc2cc3cc(N4CCN(C5(C)COCC5O)CC4)c(Cl)cc3cn2)CO1. The van der Waals surface area contributed by atoms with Crippen molar-refractivity contribution in [2.75, 3.05) is 56.2 Å². The largest absolute Gasteiger partial charge is 0.389 e. The third-order valence-electron chi connectivity index (χ3n) is 7.55. The lowest BCUT2D eigenvalue weighted by Gasteiger charge is -2.45. The number of hydrogen-bond donors (Lipinski definition) is 2. The number of anilines is 2. The number of carbonyl (C=O) groups excluding carboxylic acids is 1.